The van der Waals surface area contributed by atoms with Crippen LogP contribution in [0.4, 0.5) is 4.39 Å². The Morgan fingerprint density at radius 3 is 2.63 bits per heavy atom. The quantitative estimate of drug-likeness (QED) is 0.356. The van der Waals surface area contributed by atoms with Gasteiger partial charge in [0.2, 0.25) is 0 Å². The molecule has 9 heteroatoms. The Labute approximate surface area is 197 Å². The average Bonchev–Trinajstić information content (AvgIpc) is 3.12. The van der Waals surface area contributed by atoms with Gasteiger partial charge in [-0.05, 0) is 60.3 Å². The average molecular weight is 473 g/mol. The lowest BCUT2D eigenvalue weighted by Gasteiger charge is -2.10. The third-order valence-corrected chi connectivity index (χ3v) is 6.09. The number of halogens is 1. The first-order chi connectivity index (χ1) is 16.8. The van der Waals surface area contributed by atoms with Gasteiger partial charge in [-0.2, -0.15) is 0 Å². The minimum absolute atomic E-state index is 0.138. The Hall–Kier alpha value is -4.66. The first-order valence-corrected chi connectivity index (χ1v) is 10.7. The van der Waals surface area contributed by atoms with Crippen molar-refractivity contribution in [3.8, 4) is 16.9 Å². The number of aromatic amines is 2. The van der Waals surface area contributed by atoms with Gasteiger partial charge < -0.3 is 24.4 Å². The van der Waals surface area contributed by atoms with E-state index < -0.39 is 22.9 Å². The maximum Gasteiger partial charge on any atom is 0.353 e. The van der Waals surface area contributed by atoms with Gasteiger partial charge in [0.05, 0.1) is 24.7 Å². The fourth-order valence-electron chi connectivity index (χ4n) is 4.40. The van der Waals surface area contributed by atoms with Gasteiger partial charge in [0.15, 0.2) is 0 Å². The van der Waals surface area contributed by atoms with Crippen molar-refractivity contribution in [2.75, 3.05) is 7.11 Å². The highest BCUT2D eigenvalue weighted by Gasteiger charge is 2.26. The predicted octanol–water partition coefficient (Wildman–Crippen LogP) is 4.04. The molecule has 0 saturated heterocycles. The summed E-state index contributed by atoms with van der Waals surface area (Å²) in [5.41, 5.74) is 0.595. The van der Waals surface area contributed by atoms with E-state index in [4.69, 9.17) is 4.74 Å². The molecule has 0 bridgehead atoms. The molecule has 8 nitrogen and oxygen atoms in total. The summed E-state index contributed by atoms with van der Waals surface area (Å²) in [6.45, 7) is 1.41. The highest BCUT2D eigenvalue weighted by molar-refractivity contribution is 6.08. The Morgan fingerprint density at radius 1 is 1.11 bits per heavy atom. The Morgan fingerprint density at radius 2 is 1.91 bits per heavy atom. The third-order valence-electron chi connectivity index (χ3n) is 6.09. The second kappa shape index (κ2) is 8.28. The number of benzene rings is 2. The lowest BCUT2D eigenvalue weighted by molar-refractivity contribution is 0.0687. The number of hydrogen-bond acceptors (Lipinski definition) is 4. The molecule has 0 aliphatic carbocycles. The Bertz CT molecular complexity index is 1760. The van der Waals surface area contributed by atoms with Gasteiger partial charge in [0.1, 0.15) is 17.3 Å². The molecule has 0 atom stereocenters. The van der Waals surface area contributed by atoms with Crippen molar-refractivity contribution in [2.24, 2.45) is 0 Å². The van der Waals surface area contributed by atoms with Gasteiger partial charge in [0.25, 0.3) is 11.1 Å². The van der Waals surface area contributed by atoms with Gasteiger partial charge in [-0.25, -0.2) is 9.18 Å². The molecular formula is C26H20FN3O5. The van der Waals surface area contributed by atoms with Crippen LogP contribution in [-0.4, -0.2) is 32.7 Å². The monoisotopic (exact) mass is 473 g/mol. The third kappa shape index (κ3) is 3.67. The van der Waals surface area contributed by atoms with E-state index in [1.54, 1.807) is 37.3 Å². The van der Waals surface area contributed by atoms with Crippen LogP contribution in [0.25, 0.3) is 32.9 Å². The number of pyridine rings is 2. The van der Waals surface area contributed by atoms with Crippen LogP contribution < -0.4 is 15.9 Å². The molecule has 5 aromatic rings. The number of fused-ring (bicyclic) bond motifs is 2. The zero-order valence-electron chi connectivity index (χ0n) is 18.8. The van der Waals surface area contributed by atoms with Crippen LogP contribution in [0.3, 0.4) is 0 Å². The van der Waals surface area contributed by atoms with Crippen LogP contribution in [0.15, 0.2) is 64.3 Å². The van der Waals surface area contributed by atoms with Gasteiger partial charge in [-0.3, -0.25) is 9.59 Å². The van der Waals surface area contributed by atoms with Crippen molar-refractivity contribution in [1.82, 2.24) is 14.5 Å². The fourth-order valence-corrected chi connectivity index (χ4v) is 4.40. The van der Waals surface area contributed by atoms with E-state index in [1.807, 2.05) is 0 Å². The van der Waals surface area contributed by atoms with E-state index in [0.29, 0.717) is 22.2 Å². The number of nitrogens with one attached hydrogen (secondary N) is 2. The highest BCUT2D eigenvalue weighted by Crippen LogP contribution is 2.35. The first-order valence-electron chi connectivity index (χ1n) is 10.7. The van der Waals surface area contributed by atoms with E-state index in [0.717, 1.165) is 5.39 Å². The van der Waals surface area contributed by atoms with Crippen molar-refractivity contribution in [1.29, 1.82) is 0 Å². The second-order valence-electron chi connectivity index (χ2n) is 8.22. The number of carboxylic acid groups (broad SMARTS) is 1. The number of nitrogens with zero attached hydrogens (tertiary/aromatic N) is 1. The van der Waals surface area contributed by atoms with Crippen LogP contribution >= 0.6 is 0 Å². The number of hydrogen-bond donors (Lipinski definition) is 3. The second-order valence-corrected chi connectivity index (χ2v) is 8.22. The lowest BCUT2D eigenvalue weighted by atomic mass is 10.0. The molecule has 0 unspecified atom stereocenters. The summed E-state index contributed by atoms with van der Waals surface area (Å²) in [4.78, 5) is 43.4. The molecule has 0 amide bonds. The maximum atomic E-state index is 14.6. The smallest absolute Gasteiger partial charge is 0.353 e. The van der Waals surface area contributed by atoms with Crippen LogP contribution in [0.5, 0.6) is 5.75 Å². The molecule has 2 aromatic carbocycles. The summed E-state index contributed by atoms with van der Waals surface area (Å²) < 4.78 is 21.2. The van der Waals surface area contributed by atoms with Gasteiger partial charge in [-0.15, -0.1) is 0 Å². The number of aromatic carboxylic acids is 1. The van der Waals surface area contributed by atoms with Gasteiger partial charge in [-0.1, -0.05) is 0 Å². The molecule has 176 valence electrons. The maximum absolute atomic E-state index is 14.6. The molecule has 0 aliphatic rings. The van der Waals surface area contributed by atoms with Crippen molar-refractivity contribution in [3.05, 3.63) is 98.1 Å². The Kier molecular flexibility index (Phi) is 5.24. The van der Waals surface area contributed by atoms with Gasteiger partial charge in [0, 0.05) is 34.3 Å². The number of methoxy groups -OCH3 is 1. The molecule has 0 saturated carbocycles. The molecule has 0 fully saturated rings. The van der Waals surface area contributed by atoms with Crippen LogP contribution in [0.1, 0.15) is 21.6 Å². The summed E-state index contributed by atoms with van der Waals surface area (Å²) >= 11 is 0. The van der Waals surface area contributed by atoms with Crippen LogP contribution in [0.2, 0.25) is 0 Å². The number of ether oxygens (including phenoxy) is 1. The molecule has 3 N–H and O–H groups in total. The number of carbonyl (C=O) groups is 1. The molecule has 3 heterocycles. The first kappa shape index (κ1) is 22.1. The minimum Gasteiger partial charge on any atom is -0.497 e. The fraction of sp³-hybridized carbons (Fsp3) is 0.115. The van der Waals surface area contributed by atoms with Crippen molar-refractivity contribution < 1.29 is 19.0 Å². The number of aryl methyl sites for hydroxylation is 1. The molecular weight excluding hydrogens is 453 g/mol. The molecule has 0 radical (unpaired) electrons. The number of H-pyrrole nitrogens is 2. The molecule has 3 aromatic heterocycles. The standard InChI is InChI=1S/C26H20FN3O5/c1-13-8-18-21(11-19(13)27)30(23(26(33)34)22(18)17-4-3-7-28-25(17)32)12-15-9-14-5-6-16(35-2)10-20(14)29-24(15)31/h3-11H,12H2,1-2H3,(H,28,32)(H,29,31)(H,33,34). The van der Waals surface area contributed by atoms with Crippen molar-refractivity contribution in [3.63, 3.8) is 0 Å². The largest absolute Gasteiger partial charge is 0.497 e. The van der Waals surface area contributed by atoms with E-state index in [1.165, 1.54) is 36.1 Å². The zero-order valence-corrected chi connectivity index (χ0v) is 18.8. The summed E-state index contributed by atoms with van der Waals surface area (Å²) in [6.07, 6.45) is 1.44. The van der Waals surface area contributed by atoms with E-state index in [-0.39, 0.29) is 34.4 Å². The number of rotatable bonds is 5. The molecule has 35 heavy (non-hydrogen) atoms. The molecule has 0 spiro atoms. The summed E-state index contributed by atoms with van der Waals surface area (Å²) in [7, 11) is 1.52. The Balaban J connectivity index is 1.81. The zero-order chi connectivity index (χ0) is 24.9. The minimum atomic E-state index is -1.31. The van der Waals surface area contributed by atoms with Crippen molar-refractivity contribution in [2.45, 2.75) is 13.5 Å². The normalized spacial score (nSPS) is 11.3. The van der Waals surface area contributed by atoms with Crippen molar-refractivity contribution >= 4 is 27.8 Å². The van der Waals surface area contributed by atoms with E-state index in [2.05, 4.69) is 9.97 Å². The van der Waals surface area contributed by atoms with Gasteiger partial charge >= 0.3 is 5.97 Å². The number of aromatic nitrogens is 3. The number of carboxylic acids is 1. The summed E-state index contributed by atoms with van der Waals surface area (Å²) in [6, 6.07) is 12.7. The summed E-state index contributed by atoms with van der Waals surface area (Å²) in [5.74, 6) is -1.25. The van der Waals surface area contributed by atoms with Crippen LogP contribution in [-0.2, 0) is 6.54 Å². The summed E-state index contributed by atoms with van der Waals surface area (Å²) in [5, 5.41) is 11.3. The molecule has 0 aliphatic heterocycles. The predicted molar refractivity (Wildman–Crippen MR) is 130 cm³/mol. The SMILES string of the molecule is COc1ccc2cc(Cn3c(C(=O)O)c(-c4ccc[nH]c4=O)c4cc(C)c(F)cc43)c(=O)[nH]c2c1. The highest BCUT2D eigenvalue weighted by atomic mass is 19.1. The van der Waals surface area contributed by atoms with E-state index in [9.17, 15) is 23.9 Å². The topological polar surface area (TPSA) is 117 Å². The lowest BCUT2D eigenvalue weighted by Crippen LogP contribution is -2.19. The molecule has 5 rings (SSSR count). The van der Waals surface area contributed by atoms with Crippen LogP contribution in [0, 0.1) is 12.7 Å². The van der Waals surface area contributed by atoms with E-state index >= 15 is 0 Å².